The van der Waals surface area contributed by atoms with Crippen molar-refractivity contribution in [1.82, 2.24) is 4.98 Å². The fourth-order valence-electron chi connectivity index (χ4n) is 4.24. The van der Waals surface area contributed by atoms with Crippen molar-refractivity contribution in [2.45, 2.75) is 45.4 Å². The third-order valence-corrected chi connectivity index (χ3v) is 5.90. The molecule has 0 bridgehead atoms. The van der Waals surface area contributed by atoms with Gasteiger partial charge in [-0.25, -0.2) is 4.79 Å². The lowest BCUT2D eigenvalue weighted by atomic mass is 9.91. The van der Waals surface area contributed by atoms with Gasteiger partial charge in [-0.05, 0) is 50.3 Å². The zero-order valence-electron chi connectivity index (χ0n) is 18.4. The molecule has 0 saturated carbocycles. The average Bonchev–Trinajstić information content (AvgIpc) is 2.78. The van der Waals surface area contributed by atoms with Crippen molar-refractivity contribution >= 4 is 34.2 Å². The van der Waals surface area contributed by atoms with Crippen molar-refractivity contribution in [2.24, 2.45) is 0 Å². The number of amides is 1. The topological polar surface area (TPSA) is 111 Å². The highest BCUT2D eigenvalue weighted by Crippen LogP contribution is 2.29. The van der Waals surface area contributed by atoms with E-state index in [2.05, 4.69) is 5.32 Å². The van der Waals surface area contributed by atoms with E-state index in [-0.39, 0.29) is 11.4 Å². The molecule has 8 heteroatoms. The van der Waals surface area contributed by atoms with E-state index >= 15 is 0 Å². The van der Waals surface area contributed by atoms with Gasteiger partial charge >= 0.3 is 5.97 Å². The number of fused-ring (bicyclic) bond motifs is 2. The third kappa shape index (κ3) is 5.00. The second-order valence-electron chi connectivity index (χ2n) is 8.23. The number of benzene rings is 2. The number of ether oxygens (including phenoxy) is 1. The van der Waals surface area contributed by atoms with E-state index in [4.69, 9.17) is 9.72 Å². The normalized spacial score (nSPS) is 13.5. The summed E-state index contributed by atoms with van der Waals surface area (Å²) in [6.07, 6.45) is 5.80. The predicted octanol–water partition coefficient (Wildman–Crippen LogP) is 4.91. The van der Waals surface area contributed by atoms with E-state index in [0.717, 1.165) is 60.7 Å². The molecule has 1 N–H and O–H groups in total. The molecule has 8 nitrogen and oxygen atoms in total. The Hall–Kier alpha value is -3.81. The maximum atomic E-state index is 13.2. The summed E-state index contributed by atoms with van der Waals surface area (Å²) in [5, 5.41) is 14.4. The van der Waals surface area contributed by atoms with Gasteiger partial charge in [0, 0.05) is 28.4 Å². The summed E-state index contributed by atoms with van der Waals surface area (Å²) in [5.41, 5.74) is 3.73. The summed E-state index contributed by atoms with van der Waals surface area (Å²) < 4.78 is 5.40. The molecule has 0 fully saturated rings. The van der Waals surface area contributed by atoms with E-state index in [0.29, 0.717) is 11.1 Å². The van der Waals surface area contributed by atoms with Crippen LogP contribution in [0, 0.1) is 17.0 Å². The van der Waals surface area contributed by atoms with E-state index in [9.17, 15) is 19.7 Å². The maximum absolute atomic E-state index is 13.2. The Morgan fingerprint density at radius 1 is 1.09 bits per heavy atom. The molecule has 0 aliphatic heterocycles. The van der Waals surface area contributed by atoms with Crippen LogP contribution in [0.4, 0.5) is 11.4 Å². The summed E-state index contributed by atoms with van der Waals surface area (Å²) in [6, 6.07) is 11.9. The molecule has 3 aromatic rings. The van der Waals surface area contributed by atoms with Crippen LogP contribution in [-0.4, -0.2) is 28.4 Å². The molecule has 0 unspecified atom stereocenters. The number of nitro benzene ring substituents is 1. The number of nitrogens with zero attached hydrogens (tertiary/aromatic N) is 2. The van der Waals surface area contributed by atoms with Gasteiger partial charge in [0.1, 0.15) is 0 Å². The Labute approximate surface area is 191 Å². The molecular formula is C25H25N3O5. The zero-order chi connectivity index (χ0) is 23.4. The minimum Gasteiger partial charge on any atom is -0.452 e. The third-order valence-electron chi connectivity index (χ3n) is 5.90. The lowest BCUT2D eigenvalue weighted by Gasteiger charge is -2.18. The molecule has 4 rings (SSSR count). The summed E-state index contributed by atoms with van der Waals surface area (Å²) in [5.74, 6) is -1.13. The number of anilines is 1. The number of hydrogen-bond acceptors (Lipinski definition) is 6. The van der Waals surface area contributed by atoms with Crippen molar-refractivity contribution in [3.63, 3.8) is 0 Å². The molecule has 2 aromatic carbocycles. The number of esters is 1. The molecular weight excluding hydrogens is 422 g/mol. The first-order valence-electron chi connectivity index (χ1n) is 11.1. The first-order chi connectivity index (χ1) is 15.9. The van der Waals surface area contributed by atoms with Crippen molar-refractivity contribution in [3.05, 3.63) is 75.0 Å². The fraction of sp³-hybridized carbons (Fsp3) is 0.320. The van der Waals surface area contributed by atoms with Gasteiger partial charge < -0.3 is 10.1 Å². The van der Waals surface area contributed by atoms with Crippen LogP contribution in [0.1, 0.15) is 52.9 Å². The van der Waals surface area contributed by atoms with Gasteiger partial charge in [-0.1, -0.05) is 37.1 Å². The predicted molar refractivity (Wildman–Crippen MR) is 124 cm³/mol. The Balaban J connectivity index is 1.54. The van der Waals surface area contributed by atoms with Gasteiger partial charge in [0.2, 0.25) is 0 Å². The van der Waals surface area contributed by atoms with Crippen LogP contribution in [0.5, 0.6) is 0 Å². The average molecular weight is 447 g/mol. The highest BCUT2D eigenvalue weighted by molar-refractivity contribution is 6.06. The number of pyridine rings is 1. The zero-order valence-corrected chi connectivity index (χ0v) is 18.4. The molecule has 170 valence electrons. The second kappa shape index (κ2) is 9.77. The molecule has 0 spiro atoms. The summed E-state index contributed by atoms with van der Waals surface area (Å²) in [4.78, 5) is 41.0. The minimum absolute atomic E-state index is 0.0911. The quantitative estimate of drug-likeness (QED) is 0.338. The van der Waals surface area contributed by atoms with Crippen molar-refractivity contribution in [1.29, 1.82) is 0 Å². The van der Waals surface area contributed by atoms with E-state index in [1.165, 1.54) is 6.07 Å². The van der Waals surface area contributed by atoms with Crippen molar-refractivity contribution in [3.8, 4) is 0 Å². The Morgan fingerprint density at radius 3 is 2.64 bits per heavy atom. The van der Waals surface area contributed by atoms with E-state index in [1.807, 2.05) is 24.3 Å². The smallest absolute Gasteiger partial charge is 0.339 e. The van der Waals surface area contributed by atoms with Crippen LogP contribution in [-0.2, 0) is 22.4 Å². The molecule has 33 heavy (non-hydrogen) atoms. The van der Waals surface area contributed by atoms with Gasteiger partial charge in [-0.15, -0.1) is 0 Å². The van der Waals surface area contributed by atoms with Crippen LogP contribution < -0.4 is 5.32 Å². The SMILES string of the molecule is Cc1ccc(NC(=O)COC(=O)c2c3c(nc4ccccc24)CCCCCC3)cc1[N+](=O)[O-]. The number of hydrogen-bond donors (Lipinski definition) is 1. The number of para-hydroxylation sites is 1. The lowest BCUT2D eigenvalue weighted by Crippen LogP contribution is -2.22. The number of nitrogens with one attached hydrogen (secondary N) is 1. The molecule has 1 aliphatic carbocycles. The number of aryl methyl sites for hydroxylation is 2. The van der Waals surface area contributed by atoms with Crippen LogP contribution in [0.3, 0.4) is 0 Å². The number of rotatable bonds is 5. The van der Waals surface area contributed by atoms with Crippen LogP contribution in [0.2, 0.25) is 0 Å². The minimum atomic E-state index is -0.567. The maximum Gasteiger partial charge on any atom is 0.339 e. The number of carbonyl (C=O) groups is 2. The summed E-state index contributed by atoms with van der Waals surface area (Å²) >= 11 is 0. The molecule has 0 saturated heterocycles. The Morgan fingerprint density at radius 2 is 1.85 bits per heavy atom. The van der Waals surface area contributed by atoms with Gasteiger partial charge in [-0.2, -0.15) is 0 Å². The first-order valence-corrected chi connectivity index (χ1v) is 11.1. The highest BCUT2D eigenvalue weighted by Gasteiger charge is 2.23. The first kappa shape index (κ1) is 22.4. The van der Waals surface area contributed by atoms with Crippen molar-refractivity contribution < 1.29 is 19.2 Å². The fourth-order valence-corrected chi connectivity index (χ4v) is 4.24. The highest BCUT2D eigenvalue weighted by atomic mass is 16.6. The number of aromatic nitrogens is 1. The number of carbonyl (C=O) groups excluding carboxylic acids is 2. The Kier molecular flexibility index (Phi) is 6.63. The van der Waals surface area contributed by atoms with E-state index in [1.54, 1.807) is 19.1 Å². The Bertz CT molecular complexity index is 1240. The van der Waals surface area contributed by atoms with Gasteiger partial charge in [-0.3, -0.25) is 19.9 Å². The van der Waals surface area contributed by atoms with Crippen LogP contribution >= 0.6 is 0 Å². The largest absolute Gasteiger partial charge is 0.452 e. The molecule has 0 radical (unpaired) electrons. The second-order valence-corrected chi connectivity index (χ2v) is 8.23. The molecule has 1 heterocycles. The van der Waals surface area contributed by atoms with Gasteiger partial charge in [0.05, 0.1) is 16.0 Å². The number of nitro groups is 1. The summed E-state index contributed by atoms with van der Waals surface area (Å²) in [6.45, 7) is 1.13. The molecule has 0 atom stereocenters. The van der Waals surface area contributed by atoms with Crippen LogP contribution in [0.15, 0.2) is 42.5 Å². The van der Waals surface area contributed by atoms with Crippen LogP contribution in [0.25, 0.3) is 10.9 Å². The van der Waals surface area contributed by atoms with Crippen molar-refractivity contribution in [2.75, 3.05) is 11.9 Å². The van der Waals surface area contributed by atoms with Gasteiger partial charge in [0.15, 0.2) is 6.61 Å². The standard InChI is InChI=1S/C25H25N3O5/c1-16-12-13-17(14-22(16)28(31)32)26-23(29)15-33-25(30)24-18-8-4-2-3-5-10-20(18)27-21-11-7-6-9-19(21)24/h6-7,9,11-14H,2-5,8,10,15H2,1H3,(H,26,29). The van der Waals surface area contributed by atoms with Gasteiger partial charge in [0.25, 0.3) is 11.6 Å². The molecule has 1 aliphatic rings. The van der Waals surface area contributed by atoms with E-state index < -0.39 is 23.4 Å². The molecule has 1 aromatic heterocycles. The summed E-state index contributed by atoms with van der Waals surface area (Å²) in [7, 11) is 0. The lowest BCUT2D eigenvalue weighted by molar-refractivity contribution is -0.385. The molecule has 1 amide bonds. The monoisotopic (exact) mass is 447 g/mol.